The maximum absolute atomic E-state index is 11.6. The Kier molecular flexibility index (Phi) is 3.43. The summed E-state index contributed by atoms with van der Waals surface area (Å²) in [5, 5.41) is 16.6. The summed E-state index contributed by atoms with van der Waals surface area (Å²) in [6, 6.07) is 8.42. The summed E-state index contributed by atoms with van der Waals surface area (Å²) >= 11 is 1.06. The quantitative estimate of drug-likeness (QED) is 0.663. The topological polar surface area (TPSA) is 78.9 Å². The highest BCUT2D eigenvalue weighted by atomic mass is 32.2. The number of nitriles is 1. The van der Waals surface area contributed by atoms with Gasteiger partial charge in [0.1, 0.15) is 5.40 Å². The van der Waals surface area contributed by atoms with Crippen molar-refractivity contribution in [2.45, 2.75) is 4.90 Å². The van der Waals surface area contributed by atoms with Crippen LogP contribution in [0.1, 0.15) is 10.6 Å². The van der Waals surface area contributed by atoms with Crippen LogP contribution in [0, 0.1) is 10.7 Å². The van der Waals surface area contributed by atoms with E-state index in [2.05, 4.69) is 10.5 Å². The van der Waals surface area contributed by atoms with Gasteiger partial charge in [-0.15, -0.1) is 0 Å². The molecule has 1 N–H and O–H groups in total. The van der Waals surface area contributed by atoms with E-state index >= 15 is 0 Å². The van der Waals surface area contributed by atoms with Crippen LogP contribution in [-0.2, 0) is 0 Å². The third kappa shape index (κ3) is 2.86. The summed E-state index contributed by atoms with van der Waals surface area (Å²) in [5.41, 5.74) is 0.633. The molecule has 0 aliphatic carbocycles. The van der Waals surface area contributed by atoms with Crippen molar-refractivity contribution in [1.82, 2.24) is 5.16 Å². The average molecular weight is 245 g/mol. The van der Waals surface area contributed by atoms with Crippen LogP contribution in [0.5, 0.6) is 0 Å². The van der Waals surface area contributed by atoms with Gasteiger partial charge in [0.15, 0.2) is 0 Å². The van der Waals surface area contributed by atoms with Crippen LogP contribution >= 0.6 is 11.8 Å². The molecule has 0 fully saturated rings. The van der Waals surface area contributed by atoms with Gasteiger partial charge < -0.3 is 9.84 Å². The second-order valence-corrected chi connectivity index (χ2v) is 3.91. The molecule has 0 saturated carbocycles. The van der Waals surface area contributed by atoms with E-state index in [-0.39, 0.29) is 11.7 Å². The van der Waals surface area contributed by atoms with E-state index in [0.717, 1.165) is 16.7 Å². The van der Waals surface area contributed by atoms with Crippen molar-refractivity contribution in [1.29, 1.82) is 5.26 Å². The first-order valence-electron chi connectivity index (χ1n) is 4.67. The highest BCUT2D eigenvalue weighted by Crippen LogP contribution is 2.19. The number of carbonyl (C=O) groups is 1. The number of rotatable bonds is 3. The molecular formula is C11H7N3O2S. The summed E-state index contributed by atoms with van der Waals surface area (Å²) in [6.07, 6.45) is 1.40. The Morgan fingerprint density at radius 3 is 2.71 bits per heavy atom. The van der Waals surface area contributed by atoms with Gasteiger partial charge >= 0.3 is 0 Å². The average Bonchev–Trinajstić information content (AvgIpc) is 2.86. The fraction of sp³-hybridized carbons (Fsp3) is 0. The molecule has 2 aromatic rings. The smallest absolute Gasteiger partial charge is 0.294 e. The molecule has 17 heavy (non-hydrogen) atoms. The zero-order valence-corrected chi connectivity index (χ0v) is 9.40. The first-order chi connectivity index (χ1) is 8.29. The standard InChI is InChI=1S/C11H7N3O2S/c12-7-17-9-3-1-8(2-4-9)14-11(15)10-5-6-13-16-10/h1-6H,(H,14,15). The van der Waals surface area contributed by atoms with Crippen molar-refractivity contribution in [3.8, 4) is 5.40 Å². The summed E-state index contributed by atoms with van der Waals surface area (Å²) in [4.78, 5) is 12.4. The Morgan fingerprint density at radius 1 is 1.35 bits per heavy atom. The molecule has 0 aliphatic heterocycles. The highest BCUT2D eigenvalue weighted by molar-refractivity contribution is 8.03. The minimum absolute atomic E-state index is 0.153. The van der Waals surface area contributed by atoms with Crippen molar-refractivity contribution < 1.29 is 9.32 Å². The molecule has 5 nitrogen and oxygen atoms in total. The summed E-state index contributed by atoms with van der Waals surface area (Å²) in [6.45, 7) is 0. The summed E-state index contributed by atoms with van der Waals surface area (Å²) < 4.78 is 4.72. The number of nitrogens with zero attached hydrogens (tertiary/aromatic N) is 2. The van der Waals surface area contributed by atoms with E-state index in [4.69, 9.17) is 9.78 Å². The predicted octanol–water partition coefficient (Wildman–Crippen LogP) is 2.50. The molecule has 1 aromatic heterocycles. The number of benzene rings is 1. The molecule has 1 heterocycles. The molecule has 84 valence electrons. The third-order valence-electron chi connectivity index (χ3n) is 1.94. The molecule has 0 bridgehead atoms. The highest BCUT2D eigenvalue weighted by Gasteiger charge is 2.09. The molecule has 0 saturated heterocycles. The Hall–Kier alpha value is -2.26. The van der Waals surface area contributed by atoms with Crippen LogP contribution < -0.4 is 5.32 Å². The molecule has 0 unspecified atom stereocenters. The third-order valence-corrected chi connectivity index (χ3v) is 2.54. The van der Waals surface area contributed by atoms with Crippen molar-refractivity contribution in [2.75, 3.05) is 5.32 Å². The molecule has 0 spiro atoms. The van der Waals surface area contributed by atoms with Crippen LogP contribution in [0.2, 0.25) is 0 Å². The number of thiocyanates is 1. The fourth-order valence-corrected chi connectivity index (χ4v) is 1.56. The first-order valence-corrected chi connectivity index (χ1v) is 5.49. The van der Waals surface area contributed by atoms with Gasteiger partial charge in [-0.25, -0.2) is 0 Å². The molecule has 2 rings (SSSR count). The van der Waals surface area contributed by atoms with Crippen molar-refractivity contribution in [3.63, 3.8) is 0 Å². The van der Waals surface area contributed by atoms with Gasteiger partial charge in [-0.05, 0) is 36.0 Å². The minimum atomic E-state index is -0.358. The largest absolute Gasteiger partial charge is 0.351 e. The van der Waals surface area contributed by atoms with Crippen molar-refractivity contribution in [3.05, 3.63) is 42.3 Å². The zero-order chi connectivity index (χ0) is 12.1. The van der Waals surface area contributed by atoms with E-state index in [0.29, 0.717) is 5.69 Å². The van der Waals surface area contributed by atoms with Gasteiger partial charge in [0.05, 0.1) is 6.20 Å². The Bertz CT molecular complexity index is 543. The van der Waals surface area contributed by atoms with Crippen LogP contribution in [0.15, 0.2) is 45.9 Å². The summed E-state index contributed by atoms with van der Waals surface area (Å²) in [5.74, 6) is -0.205. The van der Waals surface area contributed by atoms with Crippen LogP contribution in [0.3, 0.4) is 0 Å². The van der Waals surface area contributed by atoms with E-state index in [1.54, 1.807) is 24.3 Å². The second kappa shape index (κ2) is 5.18. The molecule has 1 aromatic carbocycles. The Balaban J connectivity index is 2.05. The minimum Gasteiger partial charge on any atom is -0.351 e. The van der Waals surface area contributed by atoms with Gasteiger partial charge in [0.2, 0.25) is 5.76 Å². The van der Waals surface area contributed by atoms with Crippen LogP contribution in [0.25, 0.3) is 0 Å². The number of aromatic nitrogens is 1. The molecule has 0 aliphatic rings. The van der Waals surface area contributed by atoms with Crippen LogP contribution in [0.4, 0.5) is 5.69 Å². The normalized spacial score (nSPS) is 9.59. The van der Waals surface area contributed by atoms with Gasteiger partial charge in [-0.3, -0.25) is 4.79 Å². The number of nitrogens with one attached hydrogen (secondary N) is 1. The van der Waals surface area contributed by atoms with Crippen molar-refractivity contribution >= 4 is 23.4 Å². The van der Waals surface area contributed by atoms with E-state index in [9.17, 15) is 4.79 Å². The number of carbonyl (C=O) groups excluding carboxylic acids is 1. The predicted molar refractivity (Wildman–Crippen MR) is 62.4 cm³/mol. The molecule has 0 atom stereocenters. The van der Waals surface area contributed by atoms with Crippen LogP contribution in [-0.4, -0.2) is 11.1 Å². The number of amides is 1. The number of hydrogen-bond acceptors (Lipinski definition) is 5. The zero-order valence-electron chi connectivity index (χ0n) is 8.58. The maximum Gasteiger partial charge on any atom is 0.294 e. The lowest BCUT2D eigenvalue weighted by Gasteiger charge is -2.02. The monoisotopic (exact) mass is 245 g/mol. The SMILES string of the molecule is N#CSc1ccc(NC(=O)c2ccno2)cc1. The lowest BCUT2D eigenvalue weighted by Crippen LogP contribution is -2.10. The second-order valence-electron chi connectivity index (χ2n) is 3.05. The summed E-state index contributed by atoms with van der Waals surface area (Å²) in [7, 11) is 0. The van der Waals surface area contributed by atoms with E-state index in [1.165, 1.54) is 12.3 Å². The molecular weight excluding hydrogens is 238 g/mol. The molecule has 6 heteroatoms. The molecule has 0 radical (unpaired) electrons. The first kappa shape index (κ1) is 11.2. The number of anilines is 1. The Labute approximate surface area is 101 Å². The Morgan fingerprint density at radius 2 is 2.12 bits per heavy atom. The van der Waals surface area contributed by atoms with Gasteiger partial charge in [0.25, 0.3) is 5.91 Å². The fourth-order valence-electron chi connectivity index (χ4n) is 1.18. The van der Waals surface area contributed by atoms with E-state index < -0.39 is 0 Å². The maximum atomic E-state index is 11.6. The molecule has 1 amide bonds. The lowest BCUT2D eigenvalue weighted by molar-refractivity contribution is 0.0988. The van der Waals surface area contributed by atoms with Crippen molar-refractivity contribution in [2.24, 2.45) is 0 Å². The lowest BCUT2D eigenvalue weighted by atomic mass is 10.3. The van der Waals surface area contributed by atoms with E-state index in [1.807, 2.05) is 5.40 Å². The number of thioether (sulfide) groups is 1. The van der Waals surface area contributed by atoms with Gasteiger partial charge in [0, 0.05) is 16.6 Å². The number of hydrogen-bond donors (Lipinski definition) is 1. The van der Waals surface area contributed by atoms with Gasteiger partial charge in [-0.1, -0.05) is 5.16 Å². The van der Waals surface area contributed by atoms with Gasteiger partial charge in [-0.2, -0.15) is 5.26 Å².